The molecule has 4 rings (SSSR count). The van der Waals surface area contributed by atoms with Gasteiger partial charge in [0.1, 0.15) is 0 Å². The quantitative estimate of drug-likeness (QED) is 0.155. The van der Waals surface area contributed by atoms with Crippen LogP contribution in [0.25, 0.3) is 0 Å². The zero-order valence-corrected chi connectivity index (χ0v) is 37.4. The minimum Gasteiger partial charge on any atom is -0.358 e. The maximum atomic E-state index is 2.89. The second-order valence-electron chi connectivity index (χ2n) is 4.46. The summed E-state index contributed by atoms with van der Waals surface area (Å²) in [6, 6.07) is 49.0. The molecule has 212 valence electrons. The van der Waals surface area contributed by atoms with Crippen LogP contribution in [-0.2, 0) is 131 Å². The van der Waals surface area contributed by atoms with Crippen molar-refractivity contribution in [2.45, 2.75) is 62.8 Å². The topological polar surface area (TPSA) is 0 Å². The van der Waals surface area contributed by atoms with Gasteiger partial charge in [0.15, 0.2) is 0 Å². The van der Waals surface area contributed by atoms with Gasteiger partial charge in [0, 0.05) is 131 Å². The van der Waals surface area contributed by atoms with E-state index in [9.17, 15) is 0 Å². The standard InChI is InChI=1S/2C6H6.2C6H5.4C2H6.CH4.2CH3.4Y/c4*1-2-4-6-5-3-1;4*1-2;;;;;;;/h2*1-6H;2*1-5H;4*1-2H3;1H4;2*1H3;;;;/q;;2*-1;;;;;;2*-1;;;;. The first-order valence-electron chi connectivity index (χ1n) is 11.8. The molecule has 0 aliphatic rings. The fraction of sp³-hybridized carbons (Fsp3) is 0.257. The van der Waals surface area contributed by atoms with Crippen LogP contribution in [0.2, 0.25) is 0 Å². The van der Waals surface area contributed by atoms with Gasteiger partial charge >= 0.3 is 0 Å². The van der Waals surface area contributed by atoms with Crippen LogP contribution in [-0.4, -0.2) is 0 Å². The minimum atomic E-state index is 0. The molecule has 4 heteroatoms. The van der Waals surface area contributed by atoms with Gasteiger partial charge in [-0.3, -0.25) is 0 Å². The summed E-state index contributed by atoms with van der Waals surface area (Å²) in [5, 5.41) is 0. The van der Waals surface area contributed by atoms with Crippen LogP contribution >= 0.6 is 0 Å². The number of hydrogen-bond donors (Lipinski definition) is 0. The van der Waals surface area contributed by atoms with Crippen molar-refractivity contribution in [3.05, 3.63) is 160 Å². The first-order chi connectivity index (χ1) is 16.0. The van der Waals surface area contributed by atoms with Crippen molar-refractivity contribution in [2.75, 3.05) is 0 Å². The molecule has 39 heavy (non-hydrogen) atoms. The maximum Gasteiger partial charge on any atom is 0 e. The van der Waals surface area contributed by atoms with Crippen molar-refractivity contribution in [3.8, 4) is 0 Å². The van der Waals surface area contributed by atoms with Gasteiger partial charge in [-0.05, 0) is 0 Å². The Bertz CT molecular complexity index is 432. The van der Waals surface area contributed by atoms with Crippen molar-refractivity contribution in [3.63, 3.8) is 0 Å². The van der Waals surface area contributed by atoms with E-state index in [0.29, 0.717) is 0 Å². The summed E-state index contributed by atoms with van der Waals surface area (Å²) in [5.74, 6) is 0. The molecule has 4 aromatic carbocycles. The van der Waals surface area contributed by atoms with Crippen LogP contribution in [0.3, 0.4) is 0 Å². The molecule has 4 aromatic rings. The van der Waals surface area contributed by atoms with Gasteiger partial charge in [0.2, 0.25) is 0 Å². The van der Waals surface area contributed by atoms with E-state index in [1.54, 1.807) is 0 Å². The molecule has 0 spiro atoms. The van der Waals surface area contributed by atoms with E-state index in [0.717, 1.165) is 0 Å². The Hall–Kier alpha value is 1.30. The van der Waals surface area contributed by atoms with E-state index >= 15 is 0 Å². The summed E-state index contributed by atoms with van der Waals surface area (Å²) in [6.45, 7) is 16.0. The molecule has 0 aromatic heterocycles. The van der Waals surface area contributed by atoms with Crippen LogP contribution in [0.15, 0.2) is 133 Å². The zero-order valence-electron chi connectivity index (χ0n) is 26.0. The molecule has 0 bridgehead atoms. The van der Waals surface area contributed by atoms with Crippen molar-refractivity contribution in [1.82, 2.24) is 0 Å². The van der Waals surface area contributed by atoms with Crippen molar-refractivity contribution < 1.29 is 131 Å². The monoisotopic (exact) mass is 832 g/mol. The fourth-order valence-electron chi connectivity index (χ4n) is 1.45. The van der Waals surface area contributed by atoms with E-state index in [4.69, 9.17) is 0 Å². The molecule has 0 saturated heterocycles. The van der Waals surface area contributed by atoms with Crippen LogP contribution in [0, 0.1) is 27.0 Å². The normalized spacial score (nSPS) is 5.54. The first-order valence-corrected chi connectivity index (χ1v) is 11.8. The van der Waals surface area contributed by atoms with Gasteiger partial charge in [-0.1, -0.05) is 136 Å². The van der Waals surface area contributed by atoms with E-state index in [1.807, 2.05) is 189 Å². The van der Waals surface area contributed by atoms with E-state index in [1.165, 1.54) is 0 Å². The average molecular weight is 832 g/mol. The maximum absolute atomic E-state index is 2.89. The third-order valence-corrected chi connectivity index (χ3v) is 2.55. The van der Waals surface area contributed by atoms with Crippen LogP contribution in [0.5, 0.6) is 0 Å². The van der Waals surface area contributed by atoms with E-state index in [2.05, 4.69) is 12.1 Å². The van der Waals surface area contributed by atoms with Crippen LogP contribution in [0.4, 0.5) is 0 Å². The Kier molecular flexibility index (Phi) is 167. The molecule has 0 fully saturated rings. The predicted octanol–water partition coefficient (Wildman–Crippen LogP) is 12.0. The van der Waals surface area contributed by atoms with Gasteiger partial charge in [-0.2, -0.15) is 72.8 Å². The third kappa shape index (κ3) is 85.4. The van der Waals surface area contributed by atoms with Crippen LogP contribution in [0.1, 0.15) is 62.8 Å². The molecule has 0 aliphatic heterocycles. The Labute approximate surface area is 348 Å². The SMILES string of the molecule is C.CC.CC.CC.CC.[CH3-].[CH3-].[Y].[Y].[Y].[Y].[c-]1ccccc1.[c-]1ccccc1.c1ccccc1.c1ccccc1. The Balaban J connectivity index is -0.0000000260. The van der Waals surface area contributed by atoms with Gasteiger partial charge < -0.3 is 14.9 Å². The Morgan fingerprint density at radius 1 is 0.256 bits per heavy atom. The second kappa shape index (κ2) is 90.1. The molecule has 0 N–H and O–H groups in total. The summed E-state index contributed by atoms with van der Waals surface area (Å²) >= 11 is 0. The molecular weight excluding hydrogens is 776 g/mol. The molecule has 4 radical (unpaired) electrons. The molecule has 0 heterocycles. The number of rotatable bonds is 0. The van der Waals surface area contributed by atoms with E-state index in [-0.39, 0.29) is 153 Å². The molecule has 0 unspecified atom stereocenters. The first kappa shape index (κ1) is 72.5. The fourth-order valence-corrected chi connectivity index (χ4v) is 1.45. The summed E-state index contributed by atoms with van der Waals surface area (Å²) in [6.07, 6.45) is 0. The molecule has 0 amide bonds. The number of benzene rings is 4. The van der Waals surface area contributed by atoms with E-state index < -0.39 is 0 Å². The smallest absolute Gasteiger partial charge is 0 e. The second-order valence-corrected chi connectivity index (χ2v) is 4.46. The number of hydrogen-bond acceptors (Lipinski definition) is 0. The summed E-state index contributed by atoms with van der Waals surface area (Å²) in [4.78, 5) is 0. The van der Waals surface area contributed by atoms with Gasteiger partial charge in [-0.25, -0.2) is 0 Å². The summed E-state index contributed by atoms with van der Waals surface area (Å²) < 4.78 is 0. The zero-order chi connectivity index (χ0) is 25.0. The minimum absolute atomic E-state index is 0. The molecule has 0 atom stereocenters. The summed E-state index contributed by atoms with van der Waals surface area (Å²) in [7, 11) is 0. The largest absolute Gasteiger partial charge is 0.358 e. The summed E-state index contributed by atoms with van der Waals surface area (Å²) in [5.41, 5.74) is 0. The molecule has 0 nitrogen and oxygen atoms in total. The Morgan fingerprint density at radius 3 is 0.410 bits per heavy atom. The molecular formula is C35H56Y4-4. The van der Waals surface area contributed by atoms with Crippen molar-refractivity contribution >= 4 is 0 Å². The molecule has 0 aliphatic carbocycles. The van der Waals surface area contributed by atoms with Crippen molar-refractivity contribution in [1.29, 1.82) is 0 Å². The Morgan fingerprint density at radius 2 is 0.359 bits per heavy atom. The molecule has 0 saturated carbocycles. The average Bonchev–Trinajstić information content (AvgIpc) is 2.98. The van der Waals surface area contributed by atoms with Gasteiger partial charge in [0.05, 0.1) is 0 Å². The van der Waals surface area contributed by atoms with Crippen molar-refractivity contribution in [2.24, 2.45) is 0 Å². The third-order valence-electron chi connectivity index (χ3n) is 2.55. The van der Waals surface area contributed by atoms with Gasteiger partial charge in [0.25, 0.3) is 0 Å². The van der Waals surface area contributed by atoms with Gasteiger partial charge in [-0.15, -0.1) is 0 Å². The van der Waals surface area contributed by atoms with Crippen LogP contribution < -0.4 is 0 Å². The predicted molar refractivity (Wildman–Crippen MR) is 168 cm³/mol.